The van der Waals surface area contributed by atoms with E-state index in [4.69, 9.17) is 9.84 Å². The molecule has 2 aliphatic heterocycles. The lowest BCUT2D eigenvalue weighted by molar-refractivity contribution is -0.136. The molecule has 23 heavy (non-hydrogen) atoms. The minimum absolute atomic E-state index is 0.140. The minimum Gasteiger partial charge on any atom is -0.466 e. The molecule has 0 bridgehead atoms. The van der Waals surface area contributed by atoms with Crippen molar-refractivity contribution in [1.29, 1.82) is 0 Å². The summed E-state index contributed by atoms with van der Waals surface area (Å²) in [6, 6.07) is 5.86. The molecule has 0 aliphatic carbocycles. The Kier molecular flexibility index (Phi) is 4.31. The summed E-state index contributed by atoms with van der Waals surface area (Å²) in [5.41, 5.74) is 3.66. The molecule has 1 amide bonds. The van der Waals surface area contributed by atoms with Gasteiger partial charge in [0.2, 0.25) is 0 Å². The Morgan fingerprint density at radius 1 is 1.39 bits per heavy atom. The zero-order chi connectivity index (χ0) is 16.4. The smallest absolute Gasteiger partial charge is 0.337 e. The van der Waals surface area contributed by atoms with Crippen molar-refractivity contribution in [2.24, 2.45) is 0 Å². The fourth-order valence-corrected chi connectivity index (χ4v) is 2.87. The van der Waals surface area contributed by atoms with E-state index in [2.05, 4.69) is 10.6 Å². The molecular weight excluding hydrogens is 298 g/mol. The number of ether oxygens (including phenoxy) is 1. The van der Waals surface area contributed by atoms with Crippen molar-refractivity contribution in [1.82, 2.24) is 10.2 Å². The predicted molar refractivity (Wildman–Crippen MR) is 83.3 cm³/mol. The van der Waals surface area contributed by atoms with Gasteiger partial charge < -0.3 is 25.4 Å². The van der Waals surface area contributed by atoms with E-state index in [9.17, 15) is 9.59 Å². The van der Waals surface area contributed by atoms with Gasteiger partial charge in [0.25, 0.3) is 5.91 Å². The maximum Gasteiger partial charge on any atom is 0.337 e. The van der Waals surface area contributed by atoms with E-state index in [1.165, 1.54) is 23.1 Å². The summed E-state index contributed by atoms with van der Waals surface area (Å²) < 4.78 is 4.76. The highest BCUT2D eigenvalue weighted by atomic mass is 16.5. The van der Waals surface area contributed by atoms with Gasteiger partial charge in [0.15, 0.2) is 0 Å². The monoisotopic (exact) mass is 317 g/mol. The number of nitrogens with zero attached hydrogens (tertiary/aromatic N) is 1. The average molecular weight is 317 g/mol. The highest BCUT2D eigenvalue weighted by molar-refractivity contribution is 6.08. The third-order valence-electron chi connectivity index (χ3n) is 4.06. The minimum atomic E-state index is -0.538. The van der Waals surface area contributed by atoms with E-state index in [-0.39, 0.29) is 36.9 Å². The number of aliphatic hydroxyl groups is 1. The Morgan fingerprint density at radius 3 is 2.91 bits per heavy atom. The first-order valence-electron chi connectivity index (χ1n) is 7.45. The fraction of sp³-hybridized carbons (Fsp3) is 0.375. The van der Waals surface area contributed by atoms with Gasteiger partial charge in [0.1, 0.15) is 5.70 Å². The van der Waals surface area contributed by atoms with Crippen LogP contribution in [0.4, 0.5) is 5.69 Å². The largest absolute Gasteiger partial charge is 0.466 e. The summed E-state index contributed by atoms with van der Waals surface area (Å²) >= 11 is 0. The molecule has 1 aromatic rings. The number of esters is 1. The van der Waals surface area contributed by atoms with Crippen molar-refractivity contribution in [2.45, 2.75) is 13.1 Å². The topological polar surface area (TPSA) is 90.9 Å². The molecule has 2 heterocycles. The molecule has 7 nitrogen and oxygen atoms in total. The fourth-order valence-electron chi connectivity index (χ4n) is 2.87. The van der Waals surface area contributed by atoms with E-state index >= 15 is 0 Å². The molecule has 0 unspecified atom stereocenters. The Balaban J connectivity index is 1.88. The van der Waals surface area contributed by atoms with Crippen molar-refractivity contribution in [3.05, 3.63) is 40.6 Å². The molecule has 3 rings (SSSR count). The van der Waals surface area contributed by atoms with Gasteiger partial charge in [-0.25, -0.2) is 4.79 Å². The lowest BCUT2D eigenvalue weighted by Gasteiger charge is -2.15. The molecule has 0 radical (unpaired) electrons. The van der Waals surface area contributed by atoms with Crippen molar-refractivity contribution >= 4 is 17.6 Å². The Hall–Kier alpha value is -2.38. The van der Waals surface area contributed by atoms with E-state index in [0.29, 0.717) is 0 Å². The SMILES string of the molecule is COC(=O)C1=C(Nc2ccc3c(c2)CNC3)C(=O)N(CCO)C1. The molecule has 0 atom stereocenters. The molecule has 0 fully saturated rings. The number of carbonyl (C=O) groups is 2. The van der Waals surface area contributed by atoms with Gasteiger partial charge in [-0.2, -0.15) is 0 Å². The molecule has 3 N–H and O–H groups in total. The van der Waals surface area contributed by atoms with Gasteiger partial charge in [0, 0.05) is 25.3 Å². The third kappa shape index (κ3) is 2.93. The number of nitrogens with one attached hydrogen (secondary N) is 2. The van der Waals surface area contributed by atoms with Crippen LogP contribution in [0.1, 0.15) is 11.1 Å². The second kappa shape index (κ2) is 6.39. The van der Waals surface area contributed by atoms with Crippen LogP contribution in [-0.4, -0.2) is 48.7 Å². The van der Waals surface area contributed by atoms with Crippen molar-refractivity contribution in [2.75, 3.05) is 32.1 Å². The summed E-state index contributed by atoms with van der Waals surface area (Å²) in [5, 5.41) is 15.4. The normalized spacial score (nSPS) is 16.8. The number of rotatable bonds is 5. The second-order valence-electron chi connectivity index (χ2n) is 5.51. The maximum atomic E-state index is 12.4. The number of fused-ring (bicyclic) bond motifs is 1. The molecule has 0 aromatic heterocycles. The van der Waals surface area contributed by atoms with Gasteiger partial charge >= 0.3 is 5.97 Å². The lowest BCUT2D eigenvalue weighted by atomic mass is 10.1. The van der Waals surface area contributed by atoms with Crippen LogP contribution in [0.25, 0.3) is 0 Å². The average Bonchev–Trinajstić information content (AvgIpc) is 3.13. The maximum absolute atomic E-state index is 12.4. The summed E-state index contributed by atoms with van der Waals surface area (Å²) in [6.45, 7) is 1.80. The van der Waals surface area contributed by atoms with Gasteiger partial charge in [-0.05, 0) is 23.3 Å². The quantitative estimate of drug-likeness (QED) is 0.660. The van der Waals surface area contributed by atoms with Crippen molar-refractivity contribution in [3.63, 3.8) is 0 Å². The molecule has 1 aromatic carbocycles. The van der Waals surface area contributed by atoms with Gasteiger partial charge in [-0.15, -0.1) is 0 Å². The number of carbonyl (C=O) groups excluding carboxylic acids is 2. The summed E-state index contributed by atoms with van der Waals surface area (Å²) in [4.78, 5) is 25.8. The zero-order valence-corrected chi connectivity index (χ0v) is 12.9. The Labute approximate surface area is 133 Å². The van der Waals surface area contributed by atoms with Gasteiger partial charge in [0.05, 0.1) is 25.8 Å². The van der Waals surface area contributed by atoms with Gasteiger partial charge in [-0.3, -0.25) is 4.79 Å². The molecule has 0 saturated heterocycles. The number of β-amino-alcohol motifs (C(OH)–C–C–N with tert-alkyl or cyclic N) is 1. The zero-order valence-electron chi connectivity index (χ0n) is 12.9. The molecule has 2 aliphatic rings. The highest BCUT2D eigenvalue weighted by Crippen LogP contribution is 2.25. The van der Waals surface area contributed by atoms with E-state index in [0.717, 1.165) is 18.8 Å². The number of anilines is 1. The standard InChI is InChI=1S/C16H19N3O4/c1-23-16(22)13-9-19(4-5-20)15(21)14(13)18-12-3-2-10-7-17-8-11(10)6-12/h2-3,6,17-18,20H,4-5,7-9H2,1H3. The summed E-state index contributed by atoms with van der Waals surface area (Å²) in [7, 11) is 1.28. The van der Waals surface area contributed by atoms with Crippen LogP contribution in [-0.2, 0) is 27.4 Å². The van der Waals surface area contributed by atoms with Crippen LogP contribution < -0.4 is 10.6 Å². The van der Waals surface area contributed by atoms with Crippen LogP contribution in [0.2, 0.25) is 0 Å². The number of amides is 1. The first-order chi connectivity index (χ1) is 11.1. The second-order valence-corrected chi connectivity index (χ2v) is 5.51. The molecule has 7 heteroatoms. The molecule has 122 valence electrons. The summed E-state index contributed by atoms with van der Waals surface area (Å²) in [6.07, 6.45) is 0. The van der Waals surface area contributed by atoms with Crippen LogP contribution >= 0.6 is 0 Å². The summed E-state index contributed by atoms with van der Waals surface area (Å²) in [5.74, 6) is -0.845. The molecule has 0 spiro atoms. The number of hydrogen-bond acceptors (Lipinski definition) is 6. The molecule has 0 saturated carbocycles. The number of methoxy groups -OCH3 is 1. The van der Waals surface area contributed by atoms with E-state index < -0.39 is 5.97 Å². The third-order valence-corrected chi connectivity index (χ3v) is 4.06. The first-order valence-corrected chi connectivity index (χ1v) is 7.45. The molecular formula is C16H19N3O4. The predicted octanol–water partition coefficient (Wildman–Crippen LogP) is -0.0367. The van der Waals surface area contributed by atoms with E-state index in [1.807, 2.05) is 18.2 Å². The van der Waals surface area contributed by atoms with Crippen molar-refractivity contribution < 1.29 is 19.4 Å². The number of benzene rings is 1. The first kappa shape index (κ1) is 15.5. The van der Waals surface area contributed by atoms with Crippen molar-refractivity contribution in [3.8, 4) is 0 Å². The lowest BCUT2D eigenvalue weighted by Crippen LogP contribution is -2.31. The Morgan fingerprint density at radius 2 is 2.17 bits per heavy atom. The van der Waals surface area contributed by atoms with Crippen LogP contribution in [0.15, 0.2) is 29.5 Å². The van der Waals surface area contributed by atoms with E-state index in [1.54, 1.807) is 0 Å². The Bertz CT molecular complexity index is 684. The van der Waals surface area contributed by atoms with Gasteiger partial charge in [-0.1, -0.05) is 6.07 Å². The highest BCUT2D eigenvalue weighted by Gasteiger charge is 2.34. The number of hydrogen-bond donors (Lipinski definition) is 3. The van der Waals surface area contributed by atoms with Crippen LogP contribution in [0.5, 0.6) is 0 Å². The van der Waals surface area contributed by atoms with Crippen LogP contribution in [0, 0.1) is 0 Å². The number of aliphatic hydroxyl groups excluding tert-OH is 1. The van der Waals surface area contributed by atoms with Crippen LogP contribution in [0.3, 0.4) is 0 Å².